The van der Waals surface area contributed by atoms with Crippen LogP contribution in [0.3, 0.4) is 0 Å². The van der Waals surface area contributed by atoms with Gasteiger partial charge in [0.2, 0.25) is 17.7 Å². The molecule has 0 radical (unpaired) electrons. The average Bonchev–Trinajstić information content (AvgIpc) is 3.17. The van der Waals surface area contributed by atoms with E-state index in [0.29, 0.717) is 23.6 Å². The molecule has 7 nitrogen and oxygen atoms in total. The van der Waals surface area contributed by atoms with Gasteiger partial charge in [-0.1, -0.05) is 23.4 Å². The first-order chi connectivity index (χ1) is 15.4. The molecule has 32 heavy (non-hydrogen) atoms. The zero-order chi connectivity index (χ0) is 22.3. The van der Waals surface area contributed by atoms with Crippen LogP contribution in [0.1, 0.15) is 68.3 Å². The molecule has 4 aliphatic carbocycles. The van der Waals surface area contributed by atoms with Gasteiger partial charge < -0.3 is 15.2 Å². The number of nitrogens with zero attached hydrogens (tertiary/aromatic N) is 2. The first-order valence-electron chi connectivity index (χ1n) is 11.5. The number of amides is 2. The molecule has 2 aromatic rings. The minimum absolute atomic E-state index is 0.0971. The van der Waals surface area contributed by atoms with Gasteiger partial charge in [-0.05, 0) is 62.3 Å². The topological polar surface area (TPSA) is 97.1 Å². The lowest BCUT2D eigenvalue weighted by molar-refractivity contribution is -0.146. The molecule has 1 aromatic carbocycles. The van der Waals surface area contributed by atoms with Crippen LogP contribution in [0.5, 0.6) is 0 Å². The fraction of sp³-hybridized carbons (Fsp3) is 0.583. The molecule has 8 heteroatoms. The predicted octanol–water partition coefficient (Wildman–Crippen LogP) is 3.45. The Balaban J connectivity index is 1.20. The van der Waals surface area contributed by atoms with Crippen molar-refractivity contribution < 1.29 is 18.5 Å². The number of aryl methyl sites for hydroxylation is 1. The summed E-state index contributed by atoms with van der Waals surface area (Å²) >= 11 is 0. The van der Waals surface area contributed by atoms with E-state index in [-0.39, 0.29) is 41.6 Å². The molecule has 1 unspecified atom stereocenters. The van der Waals surface area contributed by atoms with Gasteiger partial charge in [-0.15, -0.1) is 0 Å². The predicted molar refractivity (Wildman–Crippen MR) is 114 cm³/mol. The minimum Gasteiger partial charge on any atom is -0.355 e. The van der Waals surface area contributed by atoms with E-state index in [4.69, 9.17) is 4.52 Å². The van der Waals surface area contributed by atoms with E-state index >= 15 is 0 Å². The summed E-state index contributed by atoms with van der Waals surface area (Å²) in [7, 11) is 0. The summed E-state index contributed by atoms with van der Waals surface area (Å²) in [6, 6.07) is 5.32. The highest BCUT2D eigenvalue weighted by Crippen LogP contribution is 2.60. The maximum atomic E-state index is 14.4. The Morgan fingerprint density at radius 3 is 2.41 bits per heavy atom. The van der Waals surface area contributed by atoms with Gasteiger partial charge in [-0.25, -0.2) is 4.39 Å². The lowest BCUT2D eigenvalue weighted by Gasteiger charge is -2.55. The zero-order valence-electron chi connectivity index (χ0n) is 18.3. The van der Waals surface area contributed by atoms with Crippen molar-refractivity contribution in [2.75, 3.05) is 6.54 Å². The maximum absolute atomic E-state index is 14.4. The Kier molecular flexibility index (Phi) is 5.47. The van der Waals surface area contributed by atoms with Crippen LogP contribution in [0.25, 0.3) is 0 Å². The average molecular weight is 441 g/mol. The molecule has 0 spiro atoms. The zero-order valence-corrected chi connectivity index (χ0v) is 18.3. The summed E-state index contributed by atoms with van der Waals surface area (Å²) in [4.78, 5) is 29.9. The van der Waals surface area contributed by atoms with E-state index in [1.165, 1.54) is 25.3 Å². The molecule has 2 N–H and O–H groups in total. The highest BCUT2D eigenvalue weighted by Gasteiger charge is 2.54. The molecule has 1 aromatic heterocycles. The largest absolute Gasteiger partial charge is 0.355 e. The van der Waals surface area contributed by atoms with Crippen LogP contribution in [-0.2, 0) is 9.59 Å². The number of aromatic nitrogens is 2. The summed E-state index contributed by atoms with van der Waals surface area (Å²) in [5.41, 5.74) is 0.0301. The van der Waals surface area contributed by atoms with Crippen LogP contribution in [0, 0.1) is 35.9 Å². The molecule has 4 aliphatic rings. The summed E-state index contributed by atoms with van der Waals surface area (Å²) in [5, 5.41) is 9.68. The Labute approximate surface area is 186 Å². The van der Waals surface area contributed by atoms with Crippen molar-refractivity contribution in [3.05, 3.63) is 47.4 Å². The molecule has 4 bridgehead atoms. The summed E-state index contributed by atoms with van der Waals surface area (Å²) < 4.78 is 19.4. The quantitative estimate of drug-likeness (QED) is 0.687. The van der Waals surface area contributed by atoms with Crippen LogP contribution < -0.4 is 10.6 Å². The normalized spacial score (nSPS) is 29.0. The van der Waals surface area contributed by atoms with Crippen molar-refractivity contribution in [2.45, 2.75) is 57.9 Å². The van der Waals surface area contributed by atoms with Crippen LogP contribution in [0.2, 0.25) is 0 Å². The van der Waals surface area contributed by atoms with Gasteiger partial charge in [-0.2, -0.15) is 4.98 Å². The van der Waals surface area contributed by atoms with E-state index in [1.807, 2.05) is 0 Å². The third-order valence-electron chi connectivity index (χ3n) is 7.48. The van der Waals surface area contributed by atoms with Crippen molar-refractivity contribution in [1.82, 2.24) is 20.8 Å². The van der Waals surface area contributed by atoms with Gasteiger partial charge in [-0.3, -0.25) is 9.59 Å². The molecule has 4 fully saturated rings. The molecule has 0 saturated heterocycles. The first-order valence-corrected chi connectivity index (χ1v) is 11.5. The van der Waals surface area contributed by atoms with E-state index in [1.54, 1.807) is 25.1 Å². The van der Waals surface area contributed by atoms with Crippen LogP contribution >= 0.6 is 0 Å². The van der Waals surface area contributed by atoms with Crippen molar-refractivity contribution in [2.24, 2.45) is 23.2 Å². The number of rotatable bonds is 7. The van der Waals surface area contributed by atoms with Crippen molar-refractivity contribution in [1.29, 1.82) is 0 Å². The van der Waals surface area contributed by atoms with Gasteiger partial charge >= 0.3 is 0 Å². The van der Waals surface area contributed by atoms with Crippen molar-refractivity contribution in [3.8, 4) is 0 Å². The molecule has 2 amide bonds. The second-order valence-corrected chi connectivity index (χ2v) is 9.90. The Morgan fingerprint density at radius 1 is 1.16 bits per heavy atom. The number of benzene rings is 1. The fourth-order valence-electron chi connectivity index (χ4n) is 6.52. The molecule has 6 rings (SSSR count). The minimum atomic E-state index is -0.861. The molecular formula is C24H29FN4O3. The summed E-state index contributed by atoms with van der Waals surface area (Å²) in [5.74, 6) is 1.92. The van der Waals surface area contributed by atoms with E-state index < -0.39 is 11.9 Å². The molecule has 170 valence electrons. The molecule has 1 atom stereocenters. The fourth-order valence-corrected chi connectivity index (χ4v) is 6.52. The molecule has 1 heterocycles. The number of hydrogen-bond acceptors (Lipinski definition) is 5. The molecular weight excluding hydrogens is 411 g/mol. The monoisotopic (exact) mass is 440 g/mol. The number of hydrogen-bond donors (Lipinski definition) is 2. The Bertz CT molecular complexity index is 985. The SMILES string of the molecule is Cc1nc(C(NC(=O)CCNC(=O)C23CC4CC(CC(C4)C2)C3)c2ccccc2F)no1. The maximum Gasteiger partial charge on any atom is 0.226 e. The van der Waals surface area contributed by atoms with Gasteiger partial charge in [0, 0.05) is 30.9 Å². The standard InChI is InChI=1S/C24H29FN4O3/c1-14-27-22(29-32-14)21(18-4-2-3-5-19(18)25)28-20(30)6-7-26-23(31)24-11-15-8-16(12-24)10-17(9-15)13-24/h2-5,15-17,21H,6-13H2,1H3,(H,26,31)(H,28,30). The van der Waals surface area contributed by atoms with Gasteiger partial charge in [0.25, 0.3) is 0 Å². The lowest BCUT2D eigenvalue weighted by atomic mass is 9.49. The van der Waals surface area contributed by atoms with E-state index in [9.17, 15) is 14.0 Å². The summed E-state index contributed by atoms with van der Waals surface area (Å²) in [6.07, 6.45) is 6.91. The number of carbonyl (C=O) groups excluding carboxylic acids is 2. The van der Waals surface area contributed by atoms with Crippen LogP contribution in [-0.4, -0.2) is 28.5 Å². The smallest absolute Gasteiger partial charge is 0.226 e. The van der Waals surface area contributed by atoms with Gasteiger partial charge in [0.05, 0.1) is 0 Å². The van der Waals surface area contributed by atoms with Crippen molar-refractivity contribution in [3.63, 3.8) is 0 Å². The lowest BCUT2D eigenvalue weighted by Crippen LogP contribution is -2.53. The second kappa shape index (κ2) is 8.30. The second-order valence-electron chi connectivity index (χ2n) is 9.90. The highest BCUT2D eigenvalue weighted by atomic mass is 19.1. The first kappa shape index (κ1) is 21.1. The highest BCUT2D eigenvalue weighted by molar-refractivity contribution is 5.84. The molecule has 4 saturated carbocycles. The van der Waals surface area contributed by atoms with E-state index in [0.717, 1.165) is 19.3 Å². The number of halogens is 1. The van der Waals surface area contributed by atoms with Crippen molar-refractivity contribution >= 4 is 11.8 Å². The van der Waals surface area contributed by atoms with Crippen LogP contribution in [0.15, 0.2) is 28.8 Å². The number of carbonyl (C=O) groups is 2. The number of nitrogens with one attached hydrogen (secondary N) is 2. The van der Waals surface area contributed by atoms with Gasteiger partial charge in [0.1, 0.15) is 11.9 Å². The third kappa shape index (κ3) is 4.02. The molecule has 0 aliphatic heterocycles. The van der Waals surface area contributed by atoms with Crippen LogP contribution in [0.4, 0.5) is 4.39 Å². The Hall–Kier alpha value is -2.77. The Morgan fingerprint density at radius 2 is 1.81 bits per heavy atom. The summed E-state index contributed by atoms with van der Waals surface area (Å²) in [6.45, 7) is 1.89. The third-order valence-corrected chi connectivity index (χ3v) is 7.48. The van der Waals surface area contributed by atoms with Gasteiger partial charge in [0.15, 0.2) is 5.82 Å². The van der Waals surface area contributed by atoms with E-state index in [2.05, 4.69) is 20.8 Å².